The van der Waals surface area contributed by atoms with Crippen LogP contribution in [0.3, 0.4) is 0 Å². The summed E-state index contributed by atoms with van der Waals surface area (Å²) in [4.78, 5) is 12.3. The van der Waals surface area contributed by atoms with Crippen molar-refractivity contribution in [3.63, 3.8) is 0 Å². The van der Waals surface area contributed by atoms with Crippen LogP contribution >= 0.6 is 15.9 Å². The first kappa shape index (κ1) is 21.0. The third-order valence-corrected chi connectivity index (χ3v) is 6.58. The molecule has 1 heterocycles. The molecule has 1 saturated heterocycles. The molecule has 0 radical (unpaired) electrons. The maximum atomic E-state index is 12.3. The molecular weight excluding hydrogens is 424 g/mol. The molecule has 2 rings (SSSR count). The van der Waals surface area contributed by atoms with E-state index < -0.39 is 10.0 Å². The largest absolute Gasteiger partial charge is 0.493 e. The van der Waals surface area contributed by atoms with Gasteiger partial charge in [0.15, 0.2) is 11.5 Å². The quantitative estimate of drug-likeness (QED) is 0.687. The Morgan fingerprint density at radius 3 is 2.35 bits per heavy atom. The van der Waals surface area contributed by atoms with Gasteiger partial charge >= 0.3 is 0 Å². The lowest BCUT2D eigenvalue weighted by molar-refractivity contribution is -0.126. The van der Waals surface area contributed by atoms with Gasteiger partial charge in [-0.2, -0.15) is 0 Å². The average Bonchev–Trinajstić information content (AvgIpc) is 2.61. The van der Waals surface area contributed by atoms with Crippen molar-refractivity contribution in [1.29, 1.82) is 0 Å². The second kappa shape index (κ2) is 9.05. The van der Waals surface area contributed by atoms with E-state index in [0.717, 1.165) is 10.0 Å². The van der Waals surface area contributed by atoms with Gasteiger partial charge in [0.2, 0.25) is 15.9 Å². The number of ether oxygens (including phenoxy) is 2. The fourth-order valence-corrected chi connectivity index (χ4v) is 4.40. The number of carbonyl (C=O) groups is 1. The first-order valence-electron chi connectivity index (χ1n) is 8.39. The Morgan fingerprint density at radius 1 is 1.23 bits per heavy atom. The first-order valence-corrected chi connectivity index (χ1v) is 11.0. The summed E-state index contributed by atoms with van der Waals surface area (Å²) >= 11 is 3.51. The van der Waals surface area contributed by atoms with Crippen LogP contribution < -0.4 is 14.8 Å². The standard InChI is InChI=1S/C17H25BrN2O5S/c1-24-15-10-13(14(18)11-16(15)25-2)4-7-19-17(21)12-5-8-20(9-6-12)26(3,22)23/h10-12H,4-9H2,1-3H3,(H,19,21). The van der Waals surface area contributed by atoms with Crippen molar-refractivity contribution in [2.75, 3.05) is 40.1 Å². The summed E-state index contributed by atoms with van der Waals surface area (Å²) in [6.45, 7) is 1.30. The zero-order valence-corrected chi connectivity index (χ0v) is 17.7. The van der Waals surface area contributed by atoms with Crippen LogP contribution in [0.1, 0.15) is 18.4 Å². The monoisotopic (exact) mass is 448 g/mol. The predicted molar refractivity (Wildman–Crippen MR) is 103 cm³/mol. The molecule has 1 aromatic rings. The van der Waals surface area contributed by atoms with Crippen molar-refractivity contribution >= 4 is 31.9 Å². The van der Waals surface area contributed by atoms with Gasteiger partial charge in [0.1, 0.15) is 0 Å². The number of benzene rings is 1. The molecule has 0 bridgehead atoms. The summed E-state index contributed by atoms with van der Waals surface area (Å²) < 4.78 is 35.9. The lowest BCUT2D eigenvalue weighted by Gasteiger charge is -2.29. The van der Waals surface area contributed by atoms with E-state index in [2.05, 4.69) is 21.2 Å². The van der Waals surface area contributed by atoms with Crippen LogP contribution in [0.5, 0.6) is 11.5 Å². The topological polar surface area (TPSA) is 84.9 Å². The van der Waals surface area contributed by atoms with Crippen LogP contribution in [0.4, 0.5) is 0 Å². The second-order valence-electron chi connectivity index (χ2n) is 6.28. The lowest BCUT2D eigenvalue weighted by Crippen LogP contribution is -2.42. The fourth-order valence-electron chi connectivity index (χ4n) is 3.00. The molecule has 1 amide bonds. The van der Waals surface area contributed by atoms with Gasteiger partial charge in [0.05, 0.1) is 20.5 Å². The van der Waals surface area contributed by atoms with Gasteiger partial charge in [0.25, 0.3) is 0 Å². The Kier molecular flexibility index (Phi) is 7.31. The lowest BCUT2D eigenvalue weighted by atomic mass is 9.97. The minimum Gasteiger partial charge on any atom is -0.493 e. The van der Waals surface area contributed by atoms with Crippen LogP contribution in [-0.4, -0.2) is 58.7 Å². The number of piperidine rings is 1. The van der Waals surface area contributed by atoms with Crippen LogP contribution in [-0.2, 0) is 21.2 Å². The van der Waals surface area contributed by atoms with Crippen molar-refractivity contribution in [3.8, 4) is 11.5 Å². The van der Waals surface area contributed by atoms with E-state index in [1.54, 1.807) is 14.2 Å². The number of carbonyl (C=O) groups excluding carboxylic acids is 1. The van der Waals surface area contributed by atoms with E-state index in [0.29, 0.717) is 50.4 Å². The van der Waals surface area contributed by atoms with E-state index in [-0.39, 0.29) is 11.8 Å². The molecule has 0 saturated carbocycles. The molecular formula is C17H25BrN2O5S. The molecule has 0 aromatic heterocycles. The van der Waals surface area contributed by atoms with E-state index in [9.17, 15) is 13.2 Å². The molecule has 9 heteroatoms. The van der Waals surface area contributed by atoms with Crippen LogP contribution in [0, 0.1) is 5.92 Å². The Morgan fingerprint density at radius 2 is 1.81 bits per heavy atom. The first-order chi connectivity index (χ1) is 12.3. The van der Waals surface area contributed by atoms with Gasteiger partial charge in [-0.05, 0) is 37.0 Å². The van der Waals surface area contributed by atoms with E-state index in [4.69, 9.17) is 9.47 Å². The molecule has 0 aliphatic carbocycles. The summed E-state index contributed by atoms with van der Waals surface area (Å²) in [5.41, 5.74) is 1.01. The van der Waals surface area contributed by atoms with Gasteiger partial charge in [-0.25, -0.2) is 12.7 Å². The maximum absolute atomic E-state index is 12.3. The van der Waals surface area contributed by atoms with Crippen LogP contribution in [0.2, 0.25) is 0 Å². The minimum atomic E-state index is -3.17. The summed E-state index contributed by atoms with van der Waals surface area (Å²) in [5, 5.41) is 2.95. The van der Waals surface area contributed by atoms with Gasteiger partial charge in [-0.1, -0.05) is 15.9 Å². The number of hydrogen-bond acceptors (Lipinski definition) is 5. The minimum absolute atomic E-state index is 0.0187. The average molecular weight is 449 g/mol. The molecule has 1 aliphatic rings. The van der Waals surface area contributed by atoms with Gasteiger partial charge in [-0.15, -0.1) is 0 Å². The fraction of sp³-hybridized carbons (Fsp3) is 0.588. The Balaban J connectivity index is 1.86. The Labute approximate surface area is 163 Å². The SMILES string of the molecule is COc1cc(Br)c(CCNC(=O)C2CCN(S(C)(=O)=O)CC2)cc1OC. The van der Waals surface area contributed by atoms with Gasteiger partial charge in [0, 0.05) is 30.0 Å². The molecule has 1 aliphatic heterocycles. The Hall–Kier alpha value is -1.32. The number of amides is 1. The van der Waals surface area contributed by atoms with E-state index in [1.807, 2.05) is 12.1 Å². The van der Waals surface area contributed by atoms with E-state index in [1.165, 1.54) is 10.6 Å². The highest BCUT2D eigenvalue weighted by Crippen LogP contribution is 2.33. The summed E-state index contributed by atoms with van der Waals surface area (Å²) in [6, 6.07) is 3.73. The number of nitrogens with zero attached hydrogens (tertiary/aromatic N) is 1. The predicted octanol–water partition coefficient (Wildman–Crippen LogP) is 1.80. The number of sulfonamides is 1. The van der Waals surface area contributed by atoms with Crippen molar-refractivity contribution < 1.29 is 22.7 Å². The molecule has 146 valence electrons. The summed E-state index contributed by atoms with van der Waals surface area (Å²) in [5.74, 6) is 1.13. The van der Waals surface area contributed by atoms with Crippen molar-refractivity contribution in [1.82, 2.24) is 9.62 Å². The number of methoxy groups -OCH3 is 2. The number of rotatable bonds is 7. The van der Waals surface area contributed by atoms with Crippen LogP contribution in [0.15, 0.2) is 16.6 Å². The van der Waals surface area contributed by atoms with Crippen LogP contribution in [0.25, 0.3) is 0 Å². The highest BCUT2D eigenvalue weighted by Gasteiger charge is 2.28. The van der Waals surface area contributed by atoms with Crippen molar-refractivity contribution in [2.24, 2.45) is 5.92 Å². The molecule has 1 aromatic carbocycles. The highest BCUT2D eigenvalue weighted by atomic mass is 79.9. The van der Waals surface area contributed by atoms with Gasteiger partial charge < -0.3 is 14.8 Å². The number of nitrogens with one attached hydrogen (secondary N) is 1. The molecule has 26 heavy (non-hydrogen) atoms. The van der Waals surface area contributed by atoms with Crippen molar-refractivity contribution in [2.45, 2.75) is 19.3 Å². The normalized spacial score (nSPS) is 16.3. The molecule has 0 unspecified atom stereocenters. The third kappa shape index (κ3) is 5.34. The molecule has 1 N–H and O–H groups in total. The molecule has 1 fully saturated rings. The zero-order valence-electron chi connectivity index (χ0n) is 15.2. The second-order valence-corrected chi connectivity index (χ2v) is 9.11. The number of hydrogen-bond donors (Lipinski definition) is 1. The van der Waals surface area contributed by atoms with Gasteiger partial charge in [-0.3, -0.25) is 4.79 Å². The highest BCUT2D eigenvalue weighted by molar-refractivity contribution is 9.10. The molecule has 0 spiro atoms. The van der Waals surface area contributed by atoms with E-state index >= 15 is 0 Å². The molecule has 0 atom stereocenters. The third-order valence-electron chi connectivity index (χ3n) is 4.54. The zero-order chi connectivity index (χ0) is 19.3. The smallest absolute Gasteiger partial charge is 0.223 e. The summed E-state index contributed by atoms with van der Waals surface area (Å²) in [6.07, 6.45) is 2.96. The number of halogens is 1. The maximum Gasteiger partial charge on any atom is 0.223 e. The van der Waals surface area contributed by atoms with Crippen molar-refractivity contribution in [3.05, 3.63) is 22.2 Å². The Bertz CT molecular complexity index is 746. The molecule has 7 nitrogen and oxygen atoms in total. The summed E-state index contributed by atoms with van der Waals surface area (Å²) in [7, 11) is -0.00473.